The number of rotatable bonds is 7. The number of hydrogen-bond donors (Lipinski definition) is 2. The number of aromatic amines is 1. The Morgan fingerprint density at radius 3 is 2.97 bits per heavy atom. The van der Waals surface area contributed by atoms with Crippen LogP contribution in [0.3, 0.4) is 0 Å². The molecule has 34 heavy (non-hydrogen) atoms. The van der Waals surface area contributed by atoms with Gasteiger partial charge in [0.1, 0.15) is 12.1 Å². The minimum absolute atomic E-state index is 0.495. The van der Waals surface area contributed by atoms with Crippen molar-refractivity contribution < 1.29 is 4.74 Å². The smallest absolute Gasteiger partial charge is 0.186 e. The topological polar surface area (TPSA) is 106 Å². The average molecular weight is 475 g/mol. The first kappa shape index (κ1) is 21.0. The number of anilines is 1. The number of benzene rings is 1. The first-order valence-electron chi connectivity index (χ1n) is 11.3. The summed E-state index contributed by atoms with van der Waals surface area (Å²) >= 11 is 6.16. The number of aromatic nitrogens is 7. The van der Waals surface area contributed by atoms with Gasteiger partial charge in [0.2, 0.25) is 0 Å². The summed E-state index contributed by atoms with van der Waals surface area (Å²) in [5, 5.41) is 17.9. The number of nitrogens with one attached hydrogen (secondary N) is 2. The lowest BCUT2D eigenvalue weighted by molar-refractivity contribution is 0.185. The first-order valence-corrected chi connectivity index (χ1v) is 11.6. The van der Waals surface area contributed by atoms with Crippen LogP contribution in [0, 0.1) is 5.92 Å². The normalized spacial score (nSPS) is 16.0. The van der Waals surface area contributed by atoms with Crippen LogP contribution in [-0.2, 0) is 24.2 Å². The Labute approximate surface area is 200 Å². The van der Waals surface area contributed by atoms with Crippen LogP contribution in [0.5, 0.6) is 0 Å². The highest BCUT2D eigenvalue weighted by Gasteiger charge is 2.16. The van der Waals surface area contributed by atoms with Crippen LogP contribution in [0.2, 0.25) is 5.02 Å². The molecule has 1 atom stereocenters. The van der Waals surface area contributed by atoms with Crippen molar-refractivity contribution in [2.45, 2.75) is 25.9 Å². The highest BCUT2D eigenvalue weighted by atomic mass is 35.5. The quantitative estimate of drug-likeness (QED) is 0.367. The lowest BCUT2D eigenvalue weighted by Crippen LogP contribution is -2.06. The van der Waals surface area contributed by atoms with Crippen LogP contribution >= 0.6 is 11.6 Å². The molecule has 1 unspecified atom stereocenters. The third-order valence-electron chi connectivity index (χ3n) is 6.14. The molecule has 1 saturated heterocycles. The minimum atomic E-state index is 0.495. The van der Waals surface area contributed by atoms with Gasteiger partial charge in [-0.15, -0.1) is 0 Å². The highest BCUT2D eigenvalue weighted by molar-refractivity contribution is 6.31. The molecular formula is C24H23ClN8O. The van der Waals surface area contributed by atoms with Crippen LogP contribution < -0.4 is 5.32 Å². The standard InChI is InChI=1S/C24H23ClN8O/c25-17-2-4-21-19(8-17)22(31-30-21)10-27-23-20-12-33(32-24(20)29-14-28-23)11-16-1-3-18(26-9-16)7-15-5-6-34-13-15/h1-4,8-9,12,14-15H,5-7,10-11,13H2,(H,30,31)(H,27,28,29,32). The Morgan fingerprint density at radius 1 is 1.15 bits per heavy atom. The van der Waals surface area contributed by atoms with Crippen molar-refractivity contribution in [1.29, 1.82) is 0 Å². The van der Waals surface area contributed by atoms with Gasteiger partial charge in [0, 0.05) is 41.7 Å². The van der Waals surface area contributed by atoms with E-state index in [4.69, 9.17) is 16.3 Å². The number of hydrogen-bond acceptors (Lipinski definition) is 7. The summed E-state index contributed by atoms with van der Waals surface area (Å²) in [5.41, 5.74) is 4.64. The van der Waals surface area contributed by atoms with E-state index in [1.807, 2.05) is 35.3 Å². The van der Waals surface area contributed by atoms with Gasteiger partial charge in [-0.25, -0.2) is 9.97 Å². The number of pyridine rings is 1. The number of H-pyrrole nitrogens is 1. The summed E-state index contributed by atoms with van der Waals surface area (Å²) in [6.45, 7) is 2.81. The summed E-state index contributed by atoms with van der Waals surface area (Å²) < 4.78 is 7.34. The third kappa shape index (κ3) is 4.32. The fraction of sp³-hybridized carbons (Fsp3) is 0.292. The van der Waals surface area contributed by atoms with Crippen LogP contribution in [0.1, 0.15) is 23.4 Å². The Bertz CT molecular complexity index is 1440. The monoisotopic (exact) mass is 474 g/mol. The molecule has 0 radical (unpaired) electrons. The molecule has 4 aromatic heterocycles. The molecule has 5 heterocycles. The lowest BCUT2D eigenvalue weighted by atomic mass is 10.0. The molecule has 6 rings (SSSR count). The fourth-order valence-electron chi connectivity index (χ4n) is 4.35. The zero-order chi connectivity index (χ0) is 22.9. The minimum Gasteiger partial charge on any atom is -0.381 e. The number of fused-ring (bicyclic) bond motifs is 2. The van der Waals surface area contributed by atoms with E-state index in [-0.39, 0.29) is 0 Å². The van der Waals surface area contributed by atoms with Crippen molar-refractivity contribution in [3.05, 3.63) is 71.0 Å². The third-order valence-corrected chi connectivity index (χ3v) is 6.38. The van der Waals surface area contributed by atoms with Gasteiger partial charge in [-0.3, -0.25) is 14.8 Å². The molecule has 2 N–H and O–H groups in total. The van der Waals surface area contributed by atoms with Crippen LogP contribution in [0.25, 0.3) is 21.9 Å². The van der Waals surface area contributed by atoms with Gasteiger partial charge in [0.15, 0.2) is 5.65 Å². The summed E-state index contributed by atoms with van der Waals surface area (Å²) in [6, 6.07) is 9.89. The molecule has 5 aromatic rings. The second kappa shape index (κ2) is 9.00. The molecule has 1 aromatic carbocycles. The molecule has 1 aliphatic rings. The van der Waals surface area contributed by atoms with Crippen LogP contribution in [-0.4, -0.2) is 48.1 Å². The maximum absolute atomic E-state index is 6.16. The number of ether oxygens (including phenoxy) is 1. The highest BCUT2D eigenvalue weighted by Crippen LogP contribution is 2.23. The molecule has 172 valence electrons. The lowest BCUT2D eigenvalue weighted by Gasteiger charge is -2.07. The van der Waals surface area contributed by atoms with E-state index < -0.39 is 0 Å². The van der Waals surface area contributed by atoms with Crippen molar-refractivity contribution in [3.8, 4) is 0 Å². The second-order valence-corrected chi connectivity index (χ2v) is 9.03. The van der Waals surface area contributed by atoms with E-state index in [1.165, 1.54) is 6.33 Å². The maximum Gasteiger partial charge on any atom is 0.186 e. The van der Waals surface area contributed by atoms with Crippen molar-refractivity contribution in [1.82, 2.24) is 34.9 Å². The zero-order valence-electron chi connectivity index (χ0n) is 18.4. The van der Waals surface area contributed by atoms with E-state index in [0.29, 0.717) is 35.5 Å². The van der Waals surface area contributed by atoms with Crippen LogP contribution in [0.15, 0.2) is 49.1 Å². The molecule has 1 aliphatic heterocycles. The van der Waals surface area contributed by atoms with Crippen LogP contribution in [0.4, 0.5) is 5.82 Å². The molecule has 0 saturated carbocycles. The van der Waals surface area contributed by atoms with Gasteiger partial charge < -0.3 is 10.1 Å². The van der Waals surface area contributed by atoms with Gasteiger partial charge in [0.05, 0.1) is 29.7 Å². The molecular weight excluding hydrogens is 452 g/mol. The van der Waals surface area contributed by atoms with Gasteiger partial charge in [0.25, 0.3) is 0 Å². The zero-order valence-corrected chi connectivity index (χ0v) is 19.2. The second-order valence-electron chi connectivity index (χ2n) is 8.59. The molecule has 0 aliphatic carbocycles. The Kier molecular flexibility index (Phi) is 5.56. The van der Waals surface area contributed by atoms with Gasteiger partial charge in [-0.05, 0) is 48.6 Å². The molecule has 0 amide bonds. The van der Waals surface area contributed by atoms with E-state index in [1.54, 1.807) is 0 Å². The van der Waals surface area contributed by atoms with Gasteiger partial charge >= 0.3 is 0 Å². The molecule has 1 fully saturated rings. The van der Waals surface area contributed by atoms with Gasteiger partial charge in [-0.1, -0.05) is 17.7 Å². The van der Waals surface area contributed by atoms with E-state index >= 15 is 0 Å². The van der Waals surface area contributed by atoms with Gasteiger partial charge in [-0.2, -0.15) is 10.2 Å². The molecule has 0 bridgehead atoms. The van der Waals surface area contributed by atoms with Crippen molar-refractivity contribution in [3.63, 3.8) is 0 Å². The van der Waals surface area contributed by atoms with Crippen molar-refractivity contribution in [2.75, 3.05) is 18.5 Å². The number of nitrogens with zero attached hydrogens (tertiary/aromatic N) is 6. The first-order chi connectivity index (χ1) is 16.7. The molecule has 10 heteroatoms. The Morgan fingerprint density at radius 2 is 2.12 bits per heavy atom. The summed E-state index contributed by atoms with van der Waals surface area (Å²) in [4.78, 5) is 13.4. The number of halogens is 1. The Hall–Kier alpha value is -3.56. The maximum atomic E-state index is 6.16. The van der Waals surface area contributed by atoms with E-state index in [0.717, 1.165) is 59.3 Å². The summed E-state index contributed by atoms with van der Waals surface area (Å²) in [5.74, 6) is 1.29. The van der Waals surface area contributed by atoms with Crippen molar-refractivity contribution in [2.24, 2.45) is 5.92 Å². The predicted molar refractivity (Wildman–Crippen MR) is 130 cm³/mol. The fourth-order valence-corrected chi connectivity index (χ4v) is 4.52. The summed E-state index contributed by atoms with van der Waals surface area (Å²) in [7, 11) is 0. The van der Waals surface area contributed by atoms with Crippen molar-refractivity contribution >= 4 is 39.4 Å². The molecule has 9 nitrogen and oxygen atoms in total. The largest absolute Gasteiger partial charge is 0.381 e. The SMILES string of the molecule is Clc1ccc2[nH]nc(CNc3ncnc4nn(Cc5ccc(CC6CCOC6)nc5)cc34)c2c1. The molecule has 0 spiro atoms. The summed E-state index contributed by atoms with van der Waals surface area (Å²) in [6.07, 6.45) is 7.49. The average Bonchev–Trinajstić information content (AvgIpc) is 3.59. The van der Waals surface area contributed by atoms with E-state index in [9.17, 15) is 0 Å². The Balaban J connectivity index is 1.17. The van der Waals surface area contributed by atoms with E-state index in [2.05, 4.69) is 47.7 Å². The predicted octanol–water partition coefficient (Wildman–Crippen LogP) is 3.99.